The number of hydrogen-bond donors (Lipinski definition) is 1. The first-order valence-electron chi connectivity index (χ1n) is 4.32. The van der Waals surface area contributed by atoms with Gasteiger partial charge in [0.2, 0.25) is 0 Å². The molecule has 0 spiro atoms. The summed E-state index contributed by atoms with van der Waals surface area (Å²) in [5.41, 5.74) is 5.36. The van der Waals surface area contributed by atoms with Crippen molar-refractivity contribution in [2.45, 2.75) is 4.90 Å². The quantitative estimate of drug-likeness (QED) is 0.881. The summed E-state index contributed by atoms with van der Waals surface area (Å²) < 4.78 is 24.8. The van der Waals surface area contributed by atoms with E-state index in [1.54, 1.807) is 12.1 Å². The van der Waals surface area contributed by atoms with Gasteiger partial charge in [-0.3, -0.25) is 0 Å². The Bertz CT molecular complexity index is 621. The number of hydrogen-bond acceptors (Lipinski definition) is 4. The molecule has 0 atom stereocenters. The van der Waals surface area contributed by atoms with E-state index in [4.69, 9.17) is 17.3 Å². The highest BCUT2D eigenvalue weighted by atomic mass is 35.5. The maximum atomic E-state index is 12.0. The normalized spacial score (nSPS) is 11.6. The zero-order chi connectivity index (χ0) is 11.8. The second kappa shape index (κ2) is 3.80. The van der Waals surface area contributed by atoms with Crippen molar-refractivity contribution in [2.75, 3.05) is 5.73 Å². The lowest BCUT2D eigenvalue weighted by molar-refractivity contribution is 0.580. The highest BCUT2D eigenvalue weighted by molar-refractivity contribution is 7.89. The van der Waals surface area contributed by atoms with Gasteiger partial charge in [0.25, 0.3) is 10.0 Å². The van der Waals surface area contributed by atoms with Crippen LogP contribution in [0.2, 0.25) is 5.02 Å². The molecule has 0 radical (unpaired) electrons. The summed E-state index contributed by atoms with van der Waals surface area (Å²) in [6, 6.07) is 7.36. The fourth-order valence-electron chi connectivity index (χ4n) is 1.19. The highest BCUT2D eigenvalue weighted by Gasteiger charge is 2.17. The summed E-state index contributed by atoms with van der Waals surface area (Å²) in [4.78, 5) is 0.0723. The zero-order valence-corrected chi connectivity index (χ0v) is 9.61. The van der Waals surface area contributed by atoms with E-state index in [0.717, 1.165) is 4.09 Å². The average molecular weight is 258 g/mol. The van der Waals surface area contributed by atoms with Crippen molar-refractivity contribution in [3.8, 4) is 0 Å². The molecule has 1 aromatic heterocycles. The topological polar surface area (TPSA) is 78.0 Å². The third kappa shape index (κ3) is 1.89. The Labute approximate surface area is 97.5 Å². The van der Waals surface area contributed by atoms with E-state index in [1.165, 1.54) is 24.4 Å². The molecule has 2 aromatic rings. The summed E-state index contributed by atoms with van der Waals surface area (Å²) in [6.07, 6.45) is 1.28. The average Bonchev–Trinajstić information content (AvgIpc) is 2.65. The molecular formula is C9H8ClN3O2S. The molecule has 16 heavy (non-hydrogen) atoms. The van der Waals surface area contributed by atoms with Crippen LogP contribution in [0.4, 0.5) is 5.82 Å². The van der Waals surface area contributed by atoms with E-state index in [1.807, 2.05) is 0 Å². The van der Waals surface area contributed by atoms with E-state index in [9.17, 15) is 8.42 Å². The number of rotatable bonds is 2. The van der Waals surface area contributed by atoms with Crippen LogP contribution in [-0.2, 0) is 10.0 Å². The van der Waals surface area contributed by atoms with E-state index < -0.39 is 10.0 Å². The number of aromatic nitrogens is 2. The van der Waals surface area contributed by atoms with E-state index >= 15 is 0 Å². The lowest BCUT2D eigenvalue weighted by atomic mass is 10.4. The van der Waals surface area contributed by atoms with Crippen molar-refractivity contribution < 1.29 is 8.42 Å². The third-order valence-electron chi connectivity index (χ3n) is 1.93. The van der Waals surface area contributed by atoms with Crippen LogP contribution in [0.15, 0.2) is 41.4 Å². The molecule has 7 heteroatoms. The fourth-order valence-corrected chi connectivity index (χ4v) is 2.61. The molecule has 84 valence electrons. The number of benzene rings is 1. The van der Waals surface area contributed by atoms with Crippen LogP contribution in [0, 0.1) is 0 Å². The monoisotopic (exact) mass is 257 g/mol. The van der Waals surface area contributed by atoms with Crippen LogP contribution < -0.4 is 5.73 Å². The largest absolute Gasteiger partial charge is 0.382 e. The number of nitrogens with two attached hydrogens (primary N) is 1. The molecule has 2 N–H and O–H groups in total. The minimum absolute atomic E-state index is 0.0723. The van der Waals surface area contributed by atoms with Gasteiger partial charge >= 0.3 is 0 Å². The molecule has 0 aliphatic heterocycles. The van der Waals surface area contributed by atoms with Crippen molar-refractivity contribution in [1.29, 1.82) is 0 Å². The first-order valence-corrected chi connectivity index (χ1v) is 6.14. The van der Waals surface area contributed by atoms with Gasteiger partial charge in [-0.05, 0) is 18.2 Å². The second-order valence-electron chi connectivity index (χ2n) is 3.08. The summed E-state index contributed by atoms with van der Waals surface area (Å²) in [7, 11) is -3.70. The van der Waals surface area contributed by atoms with E-state index in [0.29, 0.717) is 5.02 Å². The molecule has 0 aliphatic carbocycles. The minimum atomic E-state index is -3.70. The molecule has 0 saturated heterocycles. The lowest BCUT2D eigenvalue weighted by Crippen LogP contribution is -2.13. The van der Waals surface area contributed by atoms with Crippen LogP contribution in [0.25, 0.3) is 0 Å². The minimum Gasteiger partial charge on any atom is -0.382 e. The van der Waals surface area contributed by atoms with Gasteiger partial charge < -0.3 is 5.73 Å². The Morgan fingerprint density at radius 1 is 1.31 bits per heavy atom. The van der Waals surface area contributed by atoms with Gasteiger partial charge in [-0.1, -0.05) is 17.7 Å². The zero-order valence-electron chi connectivity index (χ0n) is 8.04. The predicted molar refractivity (Wildman–Crippen MR) is 60.7 cm³/mol. The maximum Gasteiger partial charge on any atom is 0.283 e. The molecule has 1 aromatic carbocycles. The van der Waals surface area contributed by atoms with Gasteiger partial charge in [0.05, 0.1) is 4.90 Å². The van der Waals surface area contributed by atoms with Crippen molar-refractivity contribution >= 4 is 27.4 Å². The Morgan fingerprint density at radius 2 is 2.06 bits per heavy atom. The van der Waals surface area contributed by atoms with Crippen molar-refractivity contribution in [2.24, 2.45) is 0 Å². The van der Waals surface area contributed by atoms with Crippen molar-refractivity contribution in [3.63, 3.8) is 0 Å². The molecule has 0 bridgehead atoms. The first kappa shape index (κ1) is 11.0. The molecule has 5 nitrogen and oxygen atoms in total. The first-order chi connectivity index (χ1) is 7.50. The Balaban J connectivity index is 2.55. The molecular weight excluding hydrogens is 250 g/mol. The molecule has 0 unspecified atom stereocenters. The summed E-state index contributed by atoms with van der Waals surface area (Å²) in [5, 5.41) is 4.00. The van der Waals surface area contributed by atoms with Gasteiger partial charge in [-0.25, -0.2) is 0 Å². The SMILES string of the molecule is Nc1ccn(S(=O)(=O)c2cccc(Cl)c2)n1. The summed E-state index contributed by atoms with van der Waals surface area (Å²) in [5.74, 6) is 0.144. The number of nitrogens with zero attached hydrogens (tertiary/aromatic N) is 2. The van der Waals surface area contributed by atoms with Gasteiger partial charge in [0, 0.05) is 17.3 Å². The van der Waals surface area contributed by atoms with Crippen LogP contribution in [-0.4, -0.2) is 17.6 Å². The summed E-state index contributed by atoms with van der Waals surface area (Å²) in [6.45, 7) is 0. The summed E-state index contributed by atoms with van der Waals surface area (Å²) >= 11 is 5.72. The number of halogens is 1. The molecule has 0 aliphatic rings. The molecule has 2 rings (SSSR count). The smallest absolute Gasteiger partial charge is 0.283 e. The van der Waals surface area contributed by atoms with Gasteiger partial charge in [0.1, 0.15) is 5.82 Å². The van der Waals surface area contributed by atoms with Crippen LogP contribution in [0.5, 0.6) is 0 Å². The standard InChI is InChI=1S/C9H8ClN3O2S/c10-7-2-1-3-8(6-7)16(14,15)13-5-4-9(11)12-13/h1-6H,(H2,11,12). The van der Waals surface area contributed by atoms with E-state index in [2.05, 4.69) is 5.10 Å². The maximum absolute atomic E-state index is 12.0. The third-order valence-corrected chi connectivity index (χ3v) is 3.71. The van der Waals surface area contributed by atoms with Crippen molar-refractivity contribution in [1.82, 2.24) is 9.19 Å². The van der Waals surface area contributed by atoms with Crippen LogP contribution >= 0.6 is 11.6 Å². The van der Waals surface area contributed by atoms with Gasteiger partial charge in [0.15, 0.2) is 0 Å². The van der Waals surface area contributed by atoms with Gasteiger partial charge in [-0.15, -0.1) is 5.10 Å². The lowest BCUT2D eigenvalue weighted by Gasteiger charge is -2.03. The molecule has 1 heterocycles. The Kier molecular flexibility index (Phi) is 2.61. The fraction of sp³-hybridized carbons (Fsp3) is 0. The Morgan fingerprint density at radius 3 is 2.62 bits per heavy atom. The Hall–Kier alpha value is -1.53. The van der Waals surface area contributed by atoms with Crippen LogP contribution in [0.3, 0.4) is 0 Å². The molecule has 0 saturated carbocycles. The predicted octanol–water partition coefficient (Wildman–Crippen LogP) is 1.36. The molecule has 0 fully saturated rings. The van der Waals surface area contributed by atoms with Crippen molar-refractivity contribution in [3.05, 3.63) is 41.6 Å². The van der Waals surface area contributed by atoms with E-state index in [-0.39, 0.29) is 10.7 Å². The van der Waals surface area contributed by atoms with Gasteiger partial charge in [-0.2, -0.15) is 12.5 Å². The number of anilines is 1. The highest BCUT2D eigenvalue weighted by Crippen LogP contribution is 2.18. The molecule has 0 amide bonds. The number of nitrogen functional groups attached to an aromatic ring is 1. The second-order valence-corrected chi connectivity index (χ2v) is 5.31. The van der Waals surface area contributed by atoms with Crippen LogP contribution in [0.1, 0.15) is 0 Å².